The highest BCUT2D eigenvalue weighted by Gasteiger charge is 2.29. The van der Waals surface area contributed by atoms with Crippen LogP contribution in [-0.2, 0) is 6.42 Å². The number of aryl methyl sites for hydroxylation is 1. The van der Waals surface area contributed by atoms with Gasteiger partial charge in [0.2, 0.25) is 0 Å². The Balaban J connectivity index is 1.97. The van der Waals surface area contributed by atoms with E-state index in [1.165, 1.54) is 17.2 Å². The maximum atomic E-state index is 13.9. The average molecular weight is 320 g/mol. The molecular weight excluding hydrogens is 305 g/mol. The summed E-state index contributed by atoms with van der Waals surface area (Å²) in [6, 6.07) is 13.0. The lowest BCUT2D eigenvalue weighted by atomic mass is 9.89. The first-order valence-electron chi connectivity index (χ1n) is 6.45. The van der Waals surface area contributed by atoms with E-state index in [1.54, 1.807) is 12.1 Å². The van der Waals surface area contributed by atoms with Crippen LogP contribution in [0.2, 0.25) is 0 Å². The fourth-order valence-electron chi connectivity index (χ4n) is 2.95. The second-order valence-corrected chi connectivity index (χ2v) is 5.95. The van der Waals surface area contributed by atoms with E-state index in [9.17, 15) is 4.39 Å². The minimum atomic E-state index is -0.291. The van der Waals surface area contributed by atoms with E-state index >= 15 is 0 Å². The zero-order valence-corrected chi connectivity index (χ0v) is 12.0. The van der Waals surface area contributed by atoms with Gasteiger partial charge in [-0.05, 0) is 42.2 Å². The Bertz CT molecular complexity index is 611. The SMILES string of the molecule is NC(c1cc(Br)ccc1F)C1CCc2ccccc21. The van der Waals surface area contributed by atoms with Crippen LogP contribution in [0.25, 0.3) is 0 Å². The molecule has 0 fully saturated rings. The van der Waals surface area contributed by atoms with E-state index in [4.69, 9.17) is 5.73 Å². The molecule has 0 bridgehead atoms. The monoisotopic (exact) mass is 319 g/mol. The summed E-state index contributed by atoms with van der Waals surface area (Å²) in [5.74, 6) is -0.0138. The van der Waals surface area contributed by atoms with Crippen LogP contribution in [0.5, 0.6) is 0 Å². The van der Waals surface area contributed by atoms with Gasteiger partial charge in [0.05, 0.1) is 0 Å². The molecule has 1 aliphatic rings. The second kappa shape index (κ2) is 5.06. The molecule has 0 saturated carbocycles. The van der Waals surface area contributed by atoms with Gasteiger partial charge in [-0.3, -0.25) is 0 Å². The molecule has 2 N–H and O–H groups in total. The highest BCUT2D eigenvalue weighted by atomic mass is 79.9. The van der Waals surface area contributed by atoms with E-state index in [2.05, 4.69) is 28.1 Å². The fourth-order valence-corrected chi connectivity index (χ4v) is 3.33. The van der Waals surface area contributed by atoms with Crippen LogP contribution in [0.1, 0.15) is 35.1 Å². The summed E-state index contributed by atoms with van der Waals surface area (Å²) in [6.45, 7) is 0. The van der Waals surface area contributed by atoms with Crippen molar-refractivity contribution in [2.24, 2.45) is 5.73 Å². The summed E-state index contributed by atoms with van der Waals surface area (Å²) in [7, 11) is 0. The summed E-state index contributed by atoms with van der Waals surface area (Å²) in [5.41, 5.74) is 9.54. The van der Waals surface area contributed by atoms with Crippen LogP contribution in [-0.4, -0.2) is 0 Å². The number of fused-ring (bicyclic) bond motifs is 1. The van der Waals surface area contributed by atoms with Crippen molar-refractivity contribution < 1.29 is 4.39 Å². The summed E-state index contributed by atoms with van der Waals surface area (Å²) < 4.78 is 14.8. The van der Waals surface area contributed by atoms with E-state index in [-0.39, 0.29) is 17.8 Å². The molecule has 0 radical (unpaired) electrons. The van der Waals surface area contributed by atoms with E-state index in [1.807, 2.05) is 12.1 Å². The van der Waals surface area contributed by atoms with Gasteiger partial charge < -0.3 is 5.73 Å². The Morgan fingerprint density at radius 1 is 1.21 bits per heavy atom. The van der Waals surface area contributed by atoms with Crippen LogP contribution >= 0.6 is 15.9 Å². The Morgan fingerprint density at radius 2 is 2.00 bits per heavy atom. The van der Waals surface area contributed by atoms with Gasteiger partial charge in [0, 0.05) is 22.0 Å². The van der Waals surface area contributed by atoms with Crippen molar-refractivity contribution in [3.63, 3.8) is 0 Å². The molecule has 98 valence electrons. The molecule has 0 heterocycles. The van der Waals surface area contributed by atoms with Crippen LogP contribution in [0.4, 0.5) is 4.39 Å². The van der Waals surface area contributed by atoms with Gasteiger partial charge in [-0.15, -0.1) is 0 Å². The van der Waals surface area contributed by atoms with Crippen LogP contribution in [0.15, 0.2) is 46.9 Å². The summed E-state index contributed by atoms with van der Waals surface area (Å²) in [6.07, 6.45) is 2.02. The minimum absolute atomic E-state index is 0.208. The van der Waals surface area contributed by atoms with E-state index in [0.717, 1.165) is 17.3 Å². The molecule has 1 aliphatic carbocycles. The first kappa shape index (κ1) is 12.8. The minimum Gasteiger partial charge on any atom is -0.323 e. The van der Waals surface area contributed by atoms with Crippen molar-refractivity contribution in [1.82, 2.24) is 0 Å². The summed E-state index contributed by atoms with van der Waals surface area (Å²) >= 11 is 3.38. The van der Waals surface area contributed by atoms with Crippen molar-refractivity contribution in [2.45, 2.75) is 24.8 Å². The molecule has 3 heteroatoms. The molecule has 0 aliphatic heterocycles. The second-order valence-electron chi connectivity index (χ2n) is 5.04. The molecule has 0 spiro atoms. The number of nitrogens with two attached hydrogens (primary N) is 1. The van der Waals surface area contributed by atoms with Crippen molar-refractivity contribution in [3.8, 4) is 0 Å². The van der Waals surface area contributed by atoms with Gasteiger partial charge >= 0.3 is 0 Å². The smallest absolute Gasteiger partial charge is 0.128 e. The van der Waals surface area contributed by atoms with Crippen LogP contribution in [0.3, 0.4) is 0 Å². The molecule has 0 amide bonds. The summed E-state index contributed by atoms with van der Waals surface area (Å²) in [5, 5.41) is 0. The third kappa shape index (κ3) is 2.33. The maximum Gasteiger partial charge on any atom is 0.128 e. The third-order valence-electron chi connectivity index (χ3n) is 3.93. The molecule has 2 atom stereocenters. The predicted octanol–water partition coefficient (Wildman–Crippen LogP) is 4.32. The van der Waals surface area contributed by atoms with Crippen LogP contribution in [0, 0.1) is 5.82 Å². The maximum absolute atomic E-state index is 13.9. The highest BCUT2D eigenvalue weighted by molar-refractivity contribution is 9.10. The normalized spacial score (nSPS) is 19.2. The van der Waals surface area contributed by atoms with E-state index in [0.29, 0.717) is 5.56 Å². The third-order valence-corrected chi connectivity index (χ3v) is 4.42. The van der Waals surface area contributed by atoms with Gasteiger partial charge in [0.25, 0.3) is 0 Å². The van der Waals surface area contributed by atoms with Crippen molar-refractivity contribution in [2.75, 3.05) is 0 Å². The molecule has 1 nitrogen and oxygen atoms in total. The van der Waals surface area contributed by atoms with Gasteiger partial charge in [-0.25, -0.2) is 4.39 Å². The molecule has 2 unspecified atom stereocenters. The standard InChI is InChI=1S/C16H15BrFN/c17-11-6-8-15(18)14(9-11)16(19)13-7-5-10-3-1-2-4-12(10)13/h1-4,6,8-9,13,16H,5,7,19H2. The number of hydrogen-bond donors (Lipinski definition) is 1. The van der Waals surface area contributed by atoms with E-state index < -0.39 is 0 Å². The molecule has 3 rings (SSSR count). The summed E-state index contributed by atoms with van der Waals surface area (Å²) in [4.78, 5) is 0. The lowest BCUT2D eigenvalue weighted by molar-refractivity contribution is 0.513. The molecule has 0 aromatic heterocycles. The highest BCUT2D eigenvalue weighted by Crippen LogP contribution is 2.41. The zero-order chi connectivity index (χ0) is 13.4. The van der Waals surface area contributed by atoms with Gasteiger partial charge in [0.1, 0.15) is 5.82 Å². The van der Waals surface area contributed by atoms with Gasteiger partial charge in [-0.2, -0.15) is 0 Å². The molecular formula is C16H15BrFN. The lowest BCUT2D eigenvalue weighted by Crippen LogP contribution is -2.19. The van der Waals surface area contributed by atoms with Crippen molar-refractivity contribution in [1.29, 1.82) is 0 Å². The first-order chi connectivity index (χ1) is 9.16. The lowest BCUT2D eigenvalue weighted by Gasteiger charge is -2.21. The first-order valence-corrected chi connectivity index (χ1v) is 7.24. The van der Waals surface area contributed by atoms with Crippen LogP contribution < -0.4 is 5.73 Å². The largest absolute Gasteiger partial charge is 0.323 e. The zero-order valence-electron chi connectivity index (χ0n) is 10.4. The molecule has 2 aromatic carbocycles. The van der Waals surface area contributed by atoms with Crippen molar-refractivity contribution >= 4 is 15.9 Å². The number of benzene rings is 2. The fraction of sp³-hybridized carbons (Fsp3) is 0.250. The molecule has 2 aromatic rings. The van der Waals surface area contributed by atoms with Crippen molar-refractivity contribution in [3.05, 3.63) is 69.4 Å². The predicted molar refractivity (Wildman–Crippen MR) is 78.5 cm³/mol. The Hall–Kier alpha value is -1.19. The Labute approximate surface area is 120 Å². The number of rotatable bonds is 2. The van der Waals surface area contributed by atoms with Gasteiger partial charge in [-0.1, -0.05) is 40.2 Å². The quantitative estimate of drug-likeness (QED) is 0.876. The molecule has 19 heavy (non-hydrogen) atoms. The Kier molecular flexibility index (Phi) is 3.42. The topological polar surface area (TPSA) is 26.0 Å². The average Bonchev–Trinajstić information content (AvgIpc) is 2.84. The Morgan fingerprint density at radius 3 is 2.84 bits per heavy atom. The molecule has 0 saturated heterocycles. The number of hydrogen-bond acceptors (Lipinski definition) is 1. The van der Waals surface area contributed by atoms with Gasteiger partial charge in [0.15, 0.2) is 0 Å². The number of halogens is 2.